The number of halogens is 1. The van der Waals surface area contributed by atoms with Crippen LogP contribution in [0.5, 0.6) is 5.75 Å². The lowest BCUT2D eigenvalue weighted by Crippen LogP contribution is -2.46. The minimum absolute atomic E-state index is 0.0242. The summed E-state index contributed by atoms with van der Waals surface area (Å²) in [6.45, 7) is 1.61. The molecule has 2 heterocycles. The monoisotopic (exact) mass is 418 g/mol. The Kier molecular flexibility index (Phi) is 7.24. The number of nitrogens with zero attached hydrogens (tertiary/aromatic N) is 2. The molecule has 1 aliphatic rings. The number of nitrogens with one attached hydrogen (secondary N) is 2. The van der Waals surface area contributed by atoms with Crippen molar-refractivity contribution in [2.24, 2.45) is 0 Å². The Bertz CT molecular complexity index is 889. The van der Waals surface area contributed by atoms with E-state index in [1.807, 2.05) is 17.0 Å². The molecule has 1 fully saturated rings. The lowest BCUT2D eigenvalue weighted by molar-refractivity contribution is -0.132. The molecule has 0 aliphatic carbocycles. The van der Waals surface area contributed by atoms with Gasteiger partial charge in [-0.2, -0.15) is 5.10 Å². The van der Waals surface area contributed by atoms with Crippen LogP contribution in [0, 0.1) is 0 Å². The molecular weight excluding hydrogens is 396 g/mol. The van der Waals surface area contributed by atoms with Gasteiger partial charge in [0.2, 0.25) is 5.91 Å². The molecule has 0 saturated carbocycles. The molecule has 1 saturated heterocycles. The first-order valence-electron chi connectivity index (χ1n) is 9.54. The number of carbonyl (C=O) groups excluding carboxylic acids is 2. The molecule has 0 bridgehead atoms. The molecule has 3 rings (SSSR count). The van der Waals surface area contributed by atoms with Crippen LogP contribution in [-0.2, 0) is 4.79 Å². The second-order valence-corrected chi connectivity index (χ2v) is 7.22. The maximum atomic E-state index is 12.4. The first kappa shape index (κ1) is 20.9. The van der Waals surface area contributed by atoms with E-state index in [1.54, 1.807) is 12.1 Å². The summed E-state index contributed by atoms with van der Waals surface area (Å²) in [5.41, 5.74) is -0.188. The minimum Gasteiger partial charge on any atom is -0.492 e. The molecule has 0 atom stereocenters. The van der Waals surface area contributed by atoms with Crippen molar-refractivity contribution in [3.63, 3.8) is 0 Å². The number of likely N-dealkylation sites (tertiary alicyclic amines) is 1. The summed E-state index contributed by atoms with van der Waals surface area (Å²) in [5.74, 6) is 0.373. The molecule has 29 heavy (non-hydrogen) atoms. The second-order valence-electron chi connectivity index (χ2n) is 6.82. The smallest absolute Gasteiger partial charge is 0.271 e. The average molecular weight is 419 g/mol. The quantitative estimate of drug-likeness (QED) is 0.669. The summed E-state index contributed by atoms with van der Waals surface area (Å²) in [6, 6.07) is 9.87. The van der Waals surface area contributed by atoms with E-state index < -0.39 is 0 Å². The third kappa shape index (κ3) is 6.05. The van der Waals surface area contributed by atoms with Crippen LogP contribution in [0.15, 0.2) is 41.2 Å². The van der Waals surface area contributed by atoms with Gasteiger partial charge < -0.3 is 15.0 Å². The fourth-order valence-electron chi connectivity index (χ4n) is 3.13. The second kappa shape index (κ2) is 10.1. The summed E-state index contributed by atoms with van der Waals surface area (Å²) in [4.78, 5) is 37.4. The van der Waals surface area contributed by atoms with Gasteiger partial charge in [-0.1, -0.05) is 23.7 Å². The van der Waals surface area contributed by atoms with Crippen LogP contribution in [0.3, 0.4) is 0 Å². The zero-order valence-corrected chi connectivity index (χ0v) is 16.7. The topological polar surface area (TPSA) is 104 Å². The lowest BCUT2D eigenvalue weighted by Gasteiger charge is -2.32. The van der Waals surface area contributed by atoms with Gasteiger partial charge in [0.15, 0.2) is 0 Å². The van der Waals surface area contributed by atoms with Gasteiger partial charge in [-0.15, -0.1) is 0 Å². The highest BCUT2D eigenvalue weighted by molar-refractivity contribution is 6.32. The van der Waals surface area contributed by atoms with E-state index in [9.17, 15) is 14.4 Å². The van der Waals surface area contributed by atoms with Crippen molar-refractivity contribution < 1.29 is 14.3 Å². The van der Waals surface area contributed by atoms with Gasteiger partial charge in [0.25, 0.3) is 11.5 Å². The van der Waals surface area contributed by atoms with E-state index in [0.717, 1.165) is 0 Å². The van der Waals surface area contributed by atoms with Crippen molar-refractivity contribution >= 4 is 23.4 Å². The number of piperidine rings is 1. The SMILES string of the molecule is O=C(NC1CCN(C(=O)CCCOc2ccccc2Cl)CC1)c1ccc(=O)[nH]n1. The Morgan fingerprint density at radius 3 is 2.66 bits per heavy atom. The van der Waals surface area contributed by atoms with Gasteiger partial charge in [-0.3, -0.25) is 14.4 Å². The predicted octanol–water partition coefficient (Wildman–Crippen LogP) is 2.00. The Morgan fingerprint density at radius 1 is 1.21 bits per heavy atom. The average Bonchev–Trinajstić information content (AvgIpc) is 2.73. The van der Waals surface area contributed by atoms with Crippen LogP contribution in [0.1, 0.15) is 36.2 Å². The van der Waals surface area contributed by atoms with Crippen LogP contribution < -0.4 is 15.6 Å². The van der Waals surface area contributed by atoms with E-state index in [2.05, 4.69) is 15.5 Å². The third-order valence-electron chi connectivity index (χ3n) is 4.72. The molecule has 154 valence electrons. The minimum atomic E-state index is -0.356. The van der Waals surface area contributed by atoms with E-state index >= 15 is 0 Å². The number of hydrogen-bond donors (Lipinski definition) is 2. The van der Waals surface area contributed by atoms with Crippen molar-refractivity contribution in [2.45, 2.75) is 31.7 Å². The van der Waals surface area contributed by atoms with Gasteiger partial charge in [-0.05, 0) is 37.5 Å². The van der Waals surface area contributed by atoms with E-state index in [-0.39, 0.29) is 29.1 Å². The number of aromatic amines is 1. The Morgan fingerprint density at radius 2 is 1.97 bits per heavy atom. The summed E-state index contributed by atoms with van der Waals surface area (Å²) >= 11 is 6.03. The number of H-pyrrole nitrogens is 1. The van der Waals surface area contributed by atoms with Crippen LogP contribution in [0.2, 0.25) is 5.02 Å². The summed E-state index contributed by atoms with van der Waals surface area (Å²) in [7, 11) is 0. The molecule has 1 aliphatic heterocycles. The summed E-state index contributed by atoms with van der Waals surface area (Å²) in [6.07, 6.45) is 2.37. The molecule has 0 radical (unpaired) electrons. The van der Waals surface area contributed by atoms with Crippen LogP contribution in [0.4, 0.5) is 0 Å². The molecule has 2 aromatic rings. The van der Waals surface area contributed by atoms with Crippen molar-refractivity contribution in [2.75, 3.05) is 19.7 Å². The molecule has 1 aromatic carbocycles. The molecule has 8 nitrogen and oxygen atoms in total. The fourth-order valence-corrected chi connectivity index (χ4v) is 3.32. The summed E-state index contributed by atoms with van der Waals surface area (Å²) in [5, 5.41) is 9.41. The highest BCUT2D eigenvalue weighted by atomic mass is 35.5. The van der Waals surface area contributed by atoms with Crippen molar-refractivity contribution in [1.29, 1.82) is 0 Å². The van der Waals surface area contributed by atoms with E-state index in [4.69, 9.17) is 16.3 Å². The van der Waals surface area contributed by atoms with Gasteiger partial charge in [0.05, 0.1) is 11.6 Å². The Balaban J connectivity index is 1.36. The molecule has 2 amide bonds. The largest absolute Gasteiger partial charge is 0.492 e. The number of hydrogen-bond acceptors (Lipinski definition) is 5. The highest BCUT2D eigenvalue weighted by Gasteiger charge is 2.24. The third-order valence-corrected chi connectivity index (χ3v) is 5.04. The van der Waals surface area contributed by atoms with Gasteiger partial charge in [0.1, 0.15) is 11.4 Å². The first-order chi connectivity index (χ1) is 14.0. The van der Waals surface area contributed by atoms with Gasteiger partial charge >= 0.3 is 0 Å². The number of carbonyl (C=O) groups is 2. The van der Waals surface area contributed by atoms with Gasteiger partial charge in [-0.25, -0.2) is 5.10 Å². The molecular formula is C20H23ClN4O4. The van der Waals surface area contributed by atoms with E-state index in [1.165, 1.54) is 12.1 Å². The summed E-state index contributed by atoms with van der Waals surface area (Å²) < 4.78 is 5.61. The normalized spacial score (nSPS) is 14.4. The predicted molar refractivity (Wildman–Crippen MR) is 108 cm³/mol. The van der Waals surface area contributed by atoms with Crippen LogP contribution in [0.25, 0.3) is 0 Å². The molecule has 0 unspecified atom stereocenters. The highest BCUT2D eigenvalue weighted by Crippen LogP contribution is 2.23. The Hall–Kier alpha value is -2.87. The number of benzene rings is 1. The standard InChI is InChI=1S/C20H23ClN4O4/c21-15-4-1-2-5-17(15)29-13-3-6-19(27)25-11-9-14(10-12-25)22-20(28)16-7-8-18(26)24-23-16/h1-2,4-5,7-8,14H,3,6,9-13H2,(H,22,28)(H,24,26). The van der Waals surface area contributed by atoms with E-state index in [0.29, 0.717) is 56.2 Å². The number of ether oxygens (including phenoxy) is 1. The Labute approximate surface area is 173 Å². The number of amides is 2. The molecule has 9 heteroatoms. The lowest BCUT2D eigenvalue weighted by atomic mass is 10.0. The first-order valence-corrected chi connectivity index (χ1v) is 9.92. The number of para-hydroxylation sites is 1. The molecule has 0 spiro atoms. The zero-order chi connectivity index (χ0) is 20.6. The fraction of sp³-hybridized carbons (Fsp3) is 0.400. The molecule has 1 aromatic heterocycles. The van der Waals surface area contributed by atoms with Crippen molar-refractivity contribution in [1.82, 2.24) is 20.4 Å². The van der Waals surface area contributed by atoms with Crippen LogP contribution in [-0.4, -0.2) is 52.6 Å². The van der Waals surface area contributed by atoms with Crippen LogP contribution >= 0.6 is 11.6 Å². The molecule has 2 N–H and O–H groups in total. The maximum Gasteiger partial charge on any atom is 0.271 e. The maximum absolute atomic E-state index is 12.4. The number of rotatable bonds is 7. The number of aromatic nitrogens is 2. The van der Waals surface area contributed by atoms with Crippen molar-refractivity contribution in [3.05, 3.63) is 57.5 Å². The van der Waals surface area contributed by atoms with Crippen molar-refractivity contribution in [3.8, 4) is 5.75 Å². The zero-order valence-electron chi connectivity index (χ0n) is 15.9. The van der Waals surface area contributed by atoms with Gasteiger partial charge in [0, 0.05) is 31.6 Å².